The van der Waals surface area contributed by atoms with Crippen molar-refractivity contribution in [2.45, 2.75) is 11.4 Å². The van der Waals surface area contributed by atoms with Crippen molar-refractivity contribution in [1.82, 2.24) is 4.31 Å². The summed E-state index contributed by atoms with van der Waals surface area (Å²) in [6, 6.07) is 21.0. The van der Waals surface area contributed by atoms with Crippen LogP contribution < -0.4 is 5.32 Å². The lowest BCUT2D eigenvalue weighted by Crippen LogP contribution is -2.26. The molecule has 0 saturated carbocycles. The predicted octanol–water partition coefficient (Wildman–Crippen LogP) is 4.07. The lowest BCUT2D eigenvalue weighted by molar-refractivity contribution is -0.384. The van der Waals surface area contributed by atoms with Crippen molar-refractivity contribution < 1.29 is 18.1 Å². The number of rotatable bonds is 8. The highest BCUT2D eigenvalue weighted by Gasteiger charge is 2.20. The number of nitrogens with one attached hydrogen (secondary N) is 1. The highest BCUT2D eigenvalue weighted by Crippen LogP contribution is 2.19. The number of hydrogen-bond acceptors (Lipinski definition) is 5. The maximum Gasteiger partial charge on any atom is 0.270 e. The zero-order valence-corrected chi connectivity index (χ0v) is 18.0. The van der Waals surface area contributed by atoms with Crippen LogP contribution in [0.5, 0.6) is 0 Å². The van der Waals surface area contributed by atoms with Crippen LogP contribution in [0.15, 0.2) is 89.8 Å². The number of sulfonamides is 1. The Bertz CT molecular complexity index is 1240. The Balaban J connectivity index is 1.64. The normalized spacial score (nSPS) is 11.6. The molecule has 3 aromatic rings. The van der Waals surface area contributed by atoms with Crippen molar-refractivity contribution >= 4 is 33.4 Å². The SMILES string of the molecule is CN(Cc1ccccc1)S(=O)(=O)c1ccc(NC(=O)/C=C/c2cccc([N+](=O)[O-])c2)cc1. The van der Waals surface area contributed by atoms with Crippen molar-refractivity contribution in [2.75, 3.05) is 12.4 Å². The van der Waals surface area contributed by atoms with Crippen molar-refractivity contribution in [3.63, 3.8) is 0 Å². The molecule has 0 aliphatic heterocycles. The highest BCUT2D eigenvalue weighted by atomic mass is 32.2. The third-order valence-electron chi connectivity index (χ3n) is 4.59. The van der Waals surface area contributed by atoms with Crippen LogP contribution in [0.25, 0.3) is 6.08 Å². The Morgan fingerprint density at radius 1 is 1.03 bits per heavy atom. The highest BCUT2D eigenvalue weighted by molar-refractivity contribution is 7.89. The van der Waals surface area contributed by atoms with E-state index in [1.807, 2.05) is 30.3 Å². The fourth-order valence-corrected chi connectivity index (χ4v) is 4.07. The van der Waals surface area contributed by atoms with Gasteiger partial charge in [0.1, 0.15) is 0 Å². The van der Waals surface area contributed by atoms with Gasteiger partial charge in [-0.2, -0.15) is 4.31 Å². The molecule has 0 heterocycles. The van der Waals surface area contributed by atoms with E-state index >= 15 is 0 Å². The minimum atomic E-state index is -3.69. The summed E-state index contributed by atoms with van der Waals surface area (Å²) in [6.45, 7) is 0.240. The molecule has 0 radical (unpaired) electrons. The van der Waals surface area contributed by atoms with Crippen molar-refractivity contribution in [3.8, 4) is 0 Å². The van der Waals surface area contributed by atoms with Crippen molar-refractivity contribution in [3.05, 3.63) is 106 Å². The summed E-state index contributed by atoms with van der Waals surface area (Å²) in [5.41, 5.74) is 1.74. The first-order valence-corrected chi connectivity index (χ1v) is 11.0. The van der Waals surface area contributed by atoms with E-state index in [-0.39, 0.29) is 17.1 Å². The molecule has 3 aromatic carbocycles. The number of benzene rings is 3. The van der Waals surface area contributed by atoms with Crippen LogP contribution in [0.2, 0.25) is 0 Å². The Hall–Kier alpha value is -3.82. The number of nitrogens with zero attached hydrogens (tertiary/aromatic N) is 2. The van der Waals surface area contributed by atoms with Crippen LogP contribution in [-0.2, 0) is 21.4 Å². The maximum atomic E-state index is 12.8. The molecule has 3 rings (SSSR count). The number of nitro groups is 1. The maximum absolute atomic E-state index is 12.8. The summed E-state index contributed by atoms with van der Waals surface area (Å²) in [5, 5.41) is 13.4. The lowest BCUT2D eigenvalue weighted by Gasteiger charge is -2.17. The third-order valence-corrected chi connectivity index (χ3v) is 6.40. The van der Waals surface area contributed by atoms with E-state index in [0.717, 1.165) is 5.56 Å². The van der Waals surface area contributed by atoms with Gasteiger partial charge in [-0.15, -0.1) is 0 Å². The second-order valence-electron chi connectivity index (χ2n) is 6.95. The molecule has 164 valence electrons. The second kappa shape index (κ2) is 9.99. The number of hydrogen-bond donors (Lipinski definition) is 1. The average molecular weight is 452 g/mol. The van der Waals surface area contributed by atoms with E-state index in [2.05, 4.69) is 5.32 Å². The summed E-state index contributed by atoms with van der Waals surface area (Å²) in [5.74, 6) is -0.451. The van der Waals surface area contributed by atoms with Crippen molar-refractivity contribution in [1.29, 1.82) is 0 Å². The van der Waals surface area contributed by atoms with E-state index < -0.39 is 20.9 Å². The molecule has 0 fully saturated rings. The zero-order valence-electron chi connectivity index (χ0n) is 17.2. The largest absolute Gasteiger partial charge is 0.323 e. The molecule has 0 atom stereocenters. The van der Waals surface area contributed by atoms with Crippen LogP contribution in [0, 0.1) is 10.1 Å². The first-order chi connectivity index (χ1) is 15.3. The van der Waals surface area contributed by atoms with Gasteiger partial charge < -0.3 is 5.32 Å². The number of carbonyl (C=O) groups excluding carboxylic acids is 1. The smallest absolute Gasteiger partial charge is 0.270 e. The average Bonchev–Trinajstić information content (AvgIpc) is 2.79. The van der Waals surface area contributed by atoms with Gasteiger partial charge in [0.05, 0.1) is 9.82 Å². The second-order valence-corrected chi connectivity index (χ2v) is 8.99. The lowest BCUT2D eigenvalue weighted by atomic mass is 10.2. The quantitative estimate of drug-likeness (QED) is 0.315. The Morgan fingerprint density at radius 2 is 1.72 bits per heavy atom. The molecular weight excluding hydrogens is 430 g/mol. The Labute approximate surface area is 186 Å². The molecule has 0 saturated heterocycles. The van der Waals surface area contributed by atoms with Gasteiger partial charge in [0, 0.05) is 37.5 Å². The van der Waals surface area contributed by atoms with Crippen LogP contribution in [-0.4, -0.2) is 30.6 Å². The van der Waals surface area contributed by atoms with Crippen molar-refractivity contribution in [2.24, 2.45) is 0 Å². The van der Waals surface area contributed by atoms with E-state index in [0.29, 0.717) is 11.3 Å². The molecule has 0 bridgehead atoms. The Kier molecular flexibility index (Phi) is 7.14. The Morgan fingerprint density at radius 3 is 2.38 bits per heavy atom. The summed E-state index contributed by atoms with van der Waals surface area (Å²) in [6.07, 6.45) is 2.71. The molecule has 32 heavy (non-hydrogen) atoms. The first kappa shape index (κ1) is 22.9. The van der Waals surface area contributed by atoms with Gasteiger partial charge in [-0.3, -0.25) is 14.9 Å². The summed E-state index contributed by atoms with van der Waals surface area (Å²) in [7, 11) is -2.18. The molecule has 0 aromatic heterocycles. The standard InChI is InChI=1S/C23H21N3O5S/c1-25(17-19-6-3-2-4-7-19)32(30,31)22-13-11-20(12-14-22)24-23(27)15-10-18-8-5-9-21(16-18)26(28)29/h2-16H,17H2,1H3,(H,24,27)/b15-10+. The van der Waals surface area contributed by atoms with E-state index in [4.69, 9.17) is 0 Å². The minimum Gasteiger partial charge on any atom is -0.323 e. The molecule has 8 nitrogen and oxygen atoms in total. The van der Waals surface area contributed by atoms with Gasteiger partial charge in [-0.25, -0.2) is 8.42 Å². The summed E-state index contributed by atoms with van der Waals surface area (Å²) < 4.78 is 26.8. The zero-order chi connectivity index (χ0) is 23.1. The number of nitro benzene ring substituents is 1. The van der Waals surface area contributed by atoms with Crippen LogP contribution >= 0.6 is 0 Å². The van der Waals surface area contributed by atoms with E-state index in [1.165, 1.54) is 66.0 Å². The number of anilines is 1. The van der Waals surface area contributed by atoms with Crippen LogP contribution in [0.4, 0.5) is 11.4 Å². The third kappa shape index (κ3) is 5.87. The molecular formula is C23H21N3O5S. The van der Waals surface area contributed by atoms with Crippen LogP contribution in [0.3, 0.4) is 0 Å². The number of non-ortho nitro benzene ring substituents is 1. The van der Waals surface area contributed by atoms with Gasteiger partial charge in [-0.05, 0) is 41.5 Å². The van der Waals surface area contributed by atoms with Gasteiger partial charge in [-0.1, -0.05) is 42.5 Å². The predicted molar refractivity (Wildman–Crippen MR) is 122 cm³/mol. The van der Waals surface area contributed by atoms with Gasteiger partial charge in [0.25, 0.3) is 5.69 Å². The molecule has 0 aliphatic rings. The molecule has 1 N–H and O–H groups in total. The molecule has 0 unspecified atom stereocenters. The van der Waals surface area contributed by atoms with Crippen LogP contribution in [0.1, 0.15) is 11.1 Å². The molecule has 1 amide bonds. The number of carbonyl (C=O) groups is 1. The monoisotopic (exact) mass is 451 g/mol. The molecule has 0 spiro atoms. The van der Waals surface area contributed by atoms with E-state index in [9.17, 15) is 23.3 Å². The minimum absolute atomic E-state index is 0.0680. The molecule has 9 heteroatoms. The van der Waals surface area contributed by atoms with Gasteiger partial charge >= 0.3 is 0 Å². The molecule has 0 aliphatic carbocycles. The topological polar surface area (TPSA) is 110 Å². The fourth-order valence-electron chi connectivity index (χ4n) is 2.91. The fraction of sp³-hybridized carbons (Fsp3) is 0.0870. The summed E-state index contributed by atoms with van der Waals surface area (Å²) >= 11 is 0. The van der Waals surface area contributed by atoms with Gasteiger partial charge in [0.15, 0.2) is 0 Å². The number of amides is 1. The van der Waals surface area contributed by atoms with Gasteiger partial charge in [0.2, 0.25) is 15.9 Å². The summed E-state index contributed by atoms with van der Waals surface area (Å²) in [4.78, 5) is 22.6. The van der Waals surface area contributed by atoms with E-state index in [1.54, 1.807) is 6.07 Å². The first-order valence-electron chi connectivity index (χ1n) is 9.59.